The Morgan fingerprint density at radius 2 is 1.90 bits per heavy atom. The fourth-order valence-corrected chi connectivity index (χ4v) is 1.88. The van der Waals surface area contributed by atoms with Crippen molar-refractivity contribution in [2.75, 3.05) is 18.3 Å². The quantitative estimate of drug-likeness (QED) is 0.612. The molecule has 3 aromatic rings. The number of nitrogens with one attached hydrogen (secondary N) is 2. The summed E-state index contributed by atoms with van der Waals surface area (Å²) in [5, 5.41) is 11.0. The van der Waals surface area contributed by atoms with Crippen LogP contribution in [-0.2, 0) is 0 Å². The summed E-state index contributed by atoms with van der Waals surface area (Å²) in [5.41, 5.74) is 1.76. The highest BCUT2D eigenvalue weighted by molar-refractivity contribution is 5.85. The molecule has 0 spiro atoms. The van der Waals surface area contributed by atoms with Crippen LogP contribution in [0.4, 0.5) is 11.5 Å². The Hall–Kier alpha value is -3.16. The van der Waals surface area contributed by atoms with Crippen molar-refractivity contribution in [2.24, 2.45) is 0 Å². The molecule has 8 nitrogen and oxygen atoms in total. The van der Waals surface area contributed by atoms with E-state index in [1.54, 1.807) is 7.11 Å². The molecule has 21 heavy (non-hydrogen) atoms. The summed E-state index contributed by atoms with van der Waals surface area (Å²) in [6.45, 7) is 0. The molecule has 4 N–H and O–H groups in total. The highest BCUT2D eigenvalue weighted by Gasteiger charge is 2.08. The molecular weight excluding hydrogens is 270 g/mol. The van der Waals surface area contributed by atoms with Crippen LogP contribution in [0.25, 0.3) is 11.0 Å². The van der Waals surface area contributed by atoms with Crippen LogP contribution in [-0.4, -0.2) is 26.7 Å². The average molecular weight is 283 g/mol. The molecule has 0 fully saturated rings. The third kappa shape index (κ3) is 2.34. The Morgan fingerprint density at radius 1 is 1.14 bits per heavy atom. The van der Waals surface area contributed by atoms with Crippen LogP contribution in [0.5, 0.6) is 5.75 Å². The van der Waals surface area contributed by atoms with Crippen molar-refractivity contribution in [2.45, 2.75) is 0 Å². The van der Waals surface area contributed by atoms with Crippen LogP contribution in [0, 0.1) is 5.41 Å². The van der Waals surface area contributed by atoms with Gasteiger partial charge in [-0.05, 0) is 24.3 Å². The molecule has 0 radical (unpaired) electrons. The third-order valence-electron chi connectivity index (χ3n) is 2.97. The molecule has 0 aliphatic rings. The number of methoxy groups -OCH3 is 1. The van der Waals surface area contributed by atoms with E-state index in [2.05, 4.69) is 20.3 Å². The van der Waals surface area contributed by atoms with E-state index in [4.69, 9.17) is 16.0 Å². The van der Waals surface area contributed by atoms with Crippen molar-refractivity contribution < 1.29 is 4.74 Å². The first-order valence-electron chi connectivity index (χ1n) is 6.12. The standard InChI is InChI=1S/C13H13N7O/c1-21-9-4-2-8(3-5-9)19-13-11-10(16-6-17-13)12(14)20(15)7-18-11/h2-7,14H,15H2,1H3,(H,16,17,19). The molecule has 0 unspecified atom stereocenters. The van der Waals surface area contributed by atoms with Crippen LogP contribution >= 0.6 is 0 Å². The molecule has 0 bridgehead atoms. The van der Waals surface area contributed by atoms with Crippen molar-refractivity contribution in [3.8, 4) is 5.75 Å². The zero-order valence-electron chi connectivity index (χ0n) is 11.2. The van der Waals surface area contributed by atoms with E-state index in [0.29, 0.717) is 16.9 Å². The SMILES string of the molecule is COc1ccc(Nc2ncnc3c(=N)n(N)cnc23)cc1. The number of anilines is 2. The number of hydrogen-bond acceptors (Lipinski definition) is 7. The van der Waals surface area contributed by atoms with Gasteiger partial charge in [0.05, 0.1) is 7.11 Å². The van der Waals surface area contributed by atoms with Gasteiger partial charge in [0, 0.05) is 5.69 Å². The normalized spacial score (nSPS) is 10.5. The molecule has 3 rings (SSSR count). The van der Waals surface area contributed by atoms with Gasteiger partial charge in [0.1, 0.15) is 29.4 Å². The van der Waals surface area contributed by atoms with Gasteiger partial charge >= 0.3 is 0 Å². The summed E-state index contributed by atoms with van der Waals surface area (Å²) in [6.07, 6.45) is 2.72. The van der Waals surface area contributed by atoms with Gasteiger partial charge in [-0.1, -0.05) is 0 Å². The van der Waals surface area contributed by atoms with Crippen LogP contribution in [0.3, 0.4) is 0 Å². The van der Waals surface area contributed by atoms with E-state index in [0.717, 1.165) is 16.1 Å². The molecule has 0 aliphatic heterocycles. The van der Waals surface area contributed by atoms with Gasteiger partial charge in [0.25, 0.3) is 0 Å². The monoisotopic (exact) mass is 283 g/mol. The number of nitrogens with zero attached hydrogens (tertiary/aromatic N) is 4. The molecule has 8 heteroatoms. The number of rotatable bonds is 3. The highest BCUT2D eigenvalue weighted by Crippen LogP contribution is 2.21. The summed E-state index contributed by atoms with van der Waals surface area (Å²) in [4.78, 5) is 12.4. The Kier molecular flexibility index (Phi) is 3.11. The first-order valence-corrected chi connectivity index (χ1v) is 6.12. The number of benzene rings is 1. The molecule has 2 heterocycles. The summed E-state index contributed by atoms with van der Waals surface area (Å²) in [7, 11) is 1.61. The Labute approximate surface area is 119 Å². The number of fused-ring (bicyclic) bond motifs is 1. The lowest BCUT2D eigenvalue weighted by Gasteiger charge is -2.09. The van der Waals surface area contributed by atoms with E-state index in [9.17, 15) is 0 Å². The van der Waals surface area contributed by atoms with Gasteiger partial charge in [0.2, 0.25) is 0 Å². The minimum absolute atomic E-state index is 0.0696. The van der Waals surface area contributed by atoms with Crippen LogP contribution in [0.2, 0.25) is 0 Å². The molecular formula is C13H13N7O. The summed E-state index contributed by atoms with van der Waals surface area (Å²) >= 11 is 0. The first kappa shape index (κ1) is 12.9. The van der Waals surface area contributed by atoms with Crippen molar-refractivity contribution in [1.29, 1.82) is 5.41 Å². The smallest absolute Gasteiger partial charge is 0.173 e. The number of aromatic nitrogens is 4. The van der Waals surface area contributed by atoms with E-state index in [1.165, 1.54) is 12.7 Å². The van der Waals surface area contributed by atoms with Gasteiger partial charge in [-0.15, -0.1) is 0 Å². The van der Waals surface area contributed by atoms with Crippen molar-refractivity contribution >= 4 is 22.5 Å². The predicted molar refractivity (Wildman–Crippen MR) is 77.6 cm³/mol. The Balaban J connectivity index is 2.04. The summed E-state index contributed by atoms with van der Waals surface area (Å²) in [6, 6.07) is 7.40. The van der Waals surface area contributed by atoms with Gasteiger partial charge in [-0.2, -0.15) is 0 Å². The second-order valence-corrected chi connectivity index (χ2v) is 4.27. The molecule has 0 saturated carbocycles. The largest absolute Gasteiger partial charge is 0.497 e. The molecule has 0 atom stereocenters. The second kappa shape index (κ2) is 5.08. The second-order valence-electron chi connectivity index (χ2n) is 4.27. The van der Waals surface area contributed by atoms with Gasteiger partial charge in [-0.25, -0.2) is 19.6 Å². The molecule has 2 aromatic heterocycles. The predicted octanol–water partition coefficient (Wildman–Crippen LogP) is 0.772. The maximum absolute atomic E-state index is 7.88. The fourth-order valence-electron chi connectivity index (χ4n) is 1.88. The average Bonchev–Trinajstić information content (AvgIpc) is 2.52. The zero-order chi connectivity index (χ0) is 14.8. The van der Waals surface area contributed by atoms with Gasteiger partial charge in [-0.3, -0.25) is 5.41 Å². The number of hydrogen-bond donors (Lipinski definition) is 3. The lowest BCUT2D eigenvalue weighted by Crippen LogP contribution is -2.28. The number of nitrogen functional groups attached to an aromatic ring is 1. The van der Waals surface area contributed by atoms with Gasteiger partial charge < -0.3 is 15.9 Å². The first-order chi connectivity index (χ1) is 10.2. The maximum atomic E-state index is 7.88. The zero-order valence-corrected chi connectivity index (χ0v) is 11.2. The number of ether oxygens (including phenoxy) is 1. The lowest BCUT2D eigenvalue weighted by atomic mass is 10.3. The fraction of sp³-hybridized carbons (Fsp3) is 0.0769. The van der Waals surface area contributed by atoms with Crippen LogP contribution in [0.1, 0.15) is 0 Å². The molecule has 0 amide bonds. The van der Waals surface area contributed by atoms with Crippen molar-refractivity contribution in [1.82, 2.24) is 19.6 Å². The van der Waals surface area contributed by atoms with Crippen LogP contribution < -0.4 is 21.4 Å². The Bertz CT molecular complexity index is 841. The highest BCUT2D eigenvalue weighted by atomic mass is 16.5. The number of nitrogens with two attached hydrogens (primary N) is 1. The topological polar surface area (TPSA) is 115 Å². The van der Waals surface area contributed by atoms with E-state index in [1.807, 2.05) is 24.3 Å². The van der Waals surface area contributed by atoms with E-state index < -0.39 is 0 Å². The van der Waals surface area contributed by atoms with Crippen LogP contribution in [0.15, 0.2) is 36.9 Å². The Morgan fingerprint density at radius 3 is 2.62 bits per heavy atom. The van der Waals surface area contributed by atoms with Gasteiger partial charge in [0.15, 0.2) is 11.3 Å². The molecule has 0 aliphatic carbocycles. The van der Waals surface area contributed by atoms with E-state index in [-0.39, 0.29) is 5.49 Å². The lowest BCUT2D eigenvalue weighted by molar-refractivity contribution is 0.415. The minimum atomic E-state index is 0.0696. The minimum Gasteiger partial charge on any atom is -0.497 e. The maximum Gasteiger partial charge on any atom is 0.173 e. The summed E-state index contributed by atoms with van der Waals surface area (Å²) < 4.78 is 6.22. The molecule has 0 saturated heterocycles. The van der Waals surface area contributed by atoms with Crippen molar-refractivity contribution in [3.05, 3.63) is 42.4 Å². The third-order valence-corrected chi connectivity index (χ3v) is 2.97. The van der Waals surface area contributed by atoms with Crippen molar-refractivity contribution in [3.63, 3.8) is 0 Å². The van der Waals surface area contributed by atoms with E-state index >= 15 is 0 Å². The summed E-state index contributed by atoms with van der Waals surface area (Å²) in [5.74, 6) is 6.87. The molecule has 106 valence electrons. The molecule has 1 aromatic carbocycles.